The summed E-state index contributed by atoms with van der Waals surface area (Å²) in [5.74, 6) is 0.297. The molecule has 5 nitrogen and oxygen atoms in total. The third-order valence-corrected chi connectivity index (χ3v) is 1.72. The molecule has 0 radical (unpaired) electrons. The Morgan fingerprint density at radius 1 is 1.36 bits per heavy atom. The van der Waals surface area contributed by atoms with Crippen LogP contribution in [-0.2, 0) is 0 Å². The van der Waals surface area contributed by atoms with E-state index in [1.165, 1.54) is 19.2 Å². The van der Waals surface area contributed by atoms with E-state index in [1.54, 1.807) is 0 Å². The first kappa shape index (κ1) is 13.8. The van der Waals surface area contributed by atoms with Crippen LogP contribution in [0, 0.1) is 0 Å². The van der Waals surface area contributed by atoms with Crippen LogP contribution in [-0.4, -0.2) is 33.9 Å². The molecule has 0 aliphatic rings. The van der Waals surface area contributed by atoms with Crippen molar-refractivity contribution >= 4 is 23.9 Å². The molecule has 0 saturated carbocycles. The first-order chi connectivity index (χ1) is 5.95. The molecule has 0 spiro atoms. The van der Waals surface area contributed by atoms with Gasteiger partial charge in [-0.1, -0.05) is 17.7 Å². The molecular formula is C6H8BClLiNO4. The second-order valence-corrected chi connectivity index (χ2v) is 2.82. The molecule has 1 aromatic heterocycles. The zero-order valence-electron chi connectivity index (χ0n) is 7.81. The molecule has 0 aromatic carbocycles. The molecule has 0 amide bonds. The molecule has 1 rings (SSSR count). The molecule has 14 heavy (non-hydrogen) atoms. The fourth-order valence-electron chi connectivity index (χ4n) is 0.804. The summed E-state index contributed by atoms with van der Waals surface area (Å²) in [5.41, 5.74) is -0.300. The summed E-state index contributed by atoms with van der Waals surface area (Å²) >= 11 is 5.58. The first-order valence-electron chi connectivity index (χ1n) is 3.47. The third-order valence-electron chi connectivity index (χ3n) is 1.45. The predicted molar refractivity (Wildman–Crippen MR) is 47.8 cm³/mol. The number of hydrogen-bond donors (Lipinski definition) is 3. The van der Waals surface area contributed by atoms with Gasteiger partial charge in [0.05, 0.1) is 7.11 Å². The molecule has 0 aliphatic carbocycles. The maximum atomic E-state index is 8.79. The molecule has 0 aliphatic heterocycles. The van der Waals surface area contributed by atoms with Gasteiger partial charge in [0.25, 0.3) is 0 Å². The van der Waals surface area contributed by atoms with Crippen LogP contribution >= 0.6 is 11.6 Å². The van der Waals surface area contributed by atoms with Gasteiger partial charge in [-0.2, -0.15) is 0 Å². The van der Waals surface area contributed by atoms with Gasteiger partial charge in [0.2, 0.25) is 0 Å². The minimum Gasteiger partial charge on any atom is -0.555 e. The fraction of sp³-hybridized carbons (Fsp3) is 0.167. The Bertz CT molecular complexity index is 319. The standard InChI is InChI=1S/C6H8BClNO4.Li/c1-13-4-2-3-5(7(10,11)12)9-6(4)8;/h2-3,10-12H,1H3;/q-1;+1. The molecule has 72 valence electrons. The largest absolute Gasteiger partial charge is 1.00 e. The molecule has 0 saturated heterocycles. The Balaban J connectivity index is 0.00000169. The van der Waals surface area contributed by atoms with Crippen molar-refractivity contribution in [2.24, 2.45) is 0 Å². The van der Waals surface area contributed by atoms with Crippen LogP contribution in [0.5, 0.6) is 5.75 Å². The van der Waals surface area contributed by atoms with Gasteiger partial charge in [0.1, 0.15) is 0 Å². The van der Waals surface area contributed by atoms with Gasteiger partial charge in [0, 0.05) is 0 Å². The monoisotopic (exact) mass is 211 g/mol. The van der Waals surface area contributed by atoms with Gasteiger partial charge < -0.3 is 19.8 Å². The van der Waals surface area contributed by atoms with Crippen LogP contribution < -0.4 is 29.2 Å². The van der Waals surface area contributed by atoms with Gasteiger partial charge >= 0.3 is 25.6 Å². The Hall–Kier alpha value is -0.218. The predicted octanol–water partition coefficient (Wildman–Crippen LogP) is -4.13. The van der Waals surface area contributed by atoms with E-state index in [2.05, 4.69) is 4.98 Å². The minimum absolute atomic E-state index is 0. The van der Waals surface area contributed by atoms with E-state index in [-0.39, 0.29) is 29.6 Å². The zero-order chi connectivity index (χ0) is 10.1. The molecule has 0 atom stereocenters. The molecule has 0 unspecified atom stereocenters. The third kappa shape index (κ3) is 3.17. The summed E-state index contributed by atoms with van der Waals surface area (Å²) in [6.45, 7) is -3.60. The van der Waals surface area contributed by atoms with Crippen molar-refractivity contribution in [2.75, 3.05) is 7.11 Å². The molecule has 0 bridgehead atoms. The number of pyridine rings is 1. The summed E-state index contributed by atoms with van der Waals surface area (Å²) in [6, 6.07) is 2.59. The van der Waals surface area contributed by atoms with Crippen molar-refractivity contribution < 1.29 is 38.7 Å². The topological polar surface area (TPSA) is 82.8 Å². The van der Waals surface area contributed by atoms with E-state index in [0.717, 1.165) is 0 Å². The van der Waals surface area contributed by atoms with Crippen molar-refractivity contribution in [1.29, 1.82) is 0 Å². The molecule has 1 heterocycles. The van der Waals surface area contributed by atoms with E-state index in [1.807, 2.05) is 0 Å². The summed E-state index contributed by atoms with van der Waals surface area (Å²) < 4.78 is 4.78. The number of methoxy groups -OCH3 is 1. The van der Waals surface area contributed by atoms with Gasteiger partial charge in [-0.25, -0.2) is 0 Å². The van der Waals surface area contributed by atoms with Gasteiger partial charge in [0.15, 0.2) is 10.9 Å². The maximum absolute atomic E-state index is 8.79. The quantitative estimate of drug-likeness (QED) is 0.342. The van der Waals surface area contributed by atoms with Crippen LogP contribution in [0.4, 0.5) is 0 Å². The average molecular weight is 211 g/mol. The minimum atomic E-state index is -3.60. The second kappa shape index (κ2) is 5.03. The first-order valence-corrected chi connectivity index (χ1v) is 3.85. The van der Waals surface area contributed by atoms with E-state index in [4.69, 9.17) is 31.4 Å². The number of halogens is 1. The number of hydrogen-bond acceptors (Lipinski definition) is 5. The average Bonchev–Trinajstić information content (AvgIpc) is 2.02. The van der Waals surface area contributed by atoms with Crippen molar-refractivity contribution in [2.45, 2.75) is 0 Å². The summed E-state index contributed by atoms with van der Waals surface area (Å²) in [4.78, 5) is 3.53. The smallest absolute Gasteiger partial charge is 0.555 e. The van der Waals surface area contributed by atoms with Crippen molar-refractivity contribution in [3.63, 3.8) is 0 Å². The molecule has 1 aromatic rings. The number of aromatic nitrogens is 1. The summed E-state index contributed by atoms with van der Waals surface area (Å²) in [7, 11) is 1.40. The Kier molecular flexibility index (Phi) is 4.95. The van der Waals surface area contributed by atoms with Crippen LogP contribution in [0.25, 0.3) is 0 Å². The summed E-state index contributed by atoms with van der Waals surface area (Å²) in [5, 5.41) is 26.3. The second-order valence-electron chi connectivity index (χ2n) is 2.46. The molecule has 0 fully saturated rings. The van der Waals surface area contributed by atoms with E-state index in [0.29, 0.717) is 5.75 Å². The normalized spacial score (nSPS) is 10.6. The Morgan fingerprint density at radius 2 is 1.93 bits per heavy atom. The summed E-state index contributed by atoms with van der Waals surface area (Å²) in [6.07, 6.45) is 0. The fourth-order valence-corrected chi connectivity index (χ4v) is 1.04. The number of ether oxygens (including phenoxy) is 1. The number of nitrogens with zero attached hydrogens (tertiary/aromatic N) is 1. The van der Waals surface area contributed by atoms with E-state index in [9.17, 15) is 0 Å². The molecule has 3 N–H and O–H groups in total. The van der Waals surface area contributed by atoms with Crippen LogP contribution in [0.3, 0.4) is 0 Å². The zero-order valence-corrected chi connectivity index (χ0v) is 8.56. The van der Waals surface area contributed by atoms with Crippen LogP contribution in [0.15, 0.2) is 12.1 Å². The van der Waals surface area contributed by atoms with Crippen molar-refractivity contribution in [3.8, 4) is 5.75 Å². The van der Waals surface area contributed by atoms with Gasteiger partial charge in [-0.15, -0.1) is 0 Å². The van der Waals surface area contributed by atoms with Gasteiger partial charge in [-0.05, 0) is 11.7 Å². The van der Waals surface area contributed by atoms with Crippen LogP contribution in [0.1, 0.15) is 0 Å². The Labute approximate surface area is 97.9 Å². The number of rotatable bonds is 2. The Morgan fingerprint density at radius 3 is 2.29 bits per heavy atom. The maximum Gasteiger partial charge on any atom is 1.00 e. The van der Waals surface area contributed by atoms with Crippen molar-refractivity contribution in [3.05, 3.63) is 17.3 Å². The van der Waals surface area contributed by atoms with Gasteiger partial charge in [-0.3, -0.25) is 4.98 Å². The van der Waals surface area contributed by atoms with Crippen molar-refractivity contribution in [1.82, 2.24) is 4.98 Å². The van der Waals surface area contributed by atoms with Crippen LogP contribution in [0.2, 0.25) is 5.15 Å². The SMILES string of the molecule is COc1ccc([B-](O)(O)O)nc1Cl.[Li+]. The molecule has 8 heteroatoms. The molecular weight excluding hydrogens is 203 g/mol. The van der Waals surface area contributed by atoms with E-state index >= 15 is 0 Å². The van der Waals surface area contributed by atoms with E-state index < -0.39 is 6.75 Å².